The van der Waals surface area contributed by atoms with Crippen LogP contribution in [0.1, 0.15) is 25.3 Å². The van der Waals surface area contributed by atoms with Crippen molar-refractivity contribution in [3.8, 4) is 0 Å². The average molecular weight is 468 g/mol. The van der Waals surface area contributed by atoms with Gasteiger partial charge in [-0.2, -0.15) is 17.5 Å². The van der Waals surface area contributed by atoms with Gasteiger partial charge in [0.15, 0.2) is 0 Å². The number of sulfonamides is 1. The lowest BCUT2D eigenvalue weighted by atomic mass is 10.0. The molecule has 0 saturated carbocycles. The largest absolute Gasteiger partial charge is 0.417 e. The molecule has 0 aromatic heterocycles. The number of halogens is 4. The van der Waals surface area contributed by atoms with E-state index in [-0.39, 0.29) is 25.5 Å². The van der Waals surface area contributed by atoms with Crippen molar-refractivity contribution in [2.75, 3.05) is 45.8 Å². The molecule has 0 spiro atoms. The maximum atomic E-state index is 13.1. The number of piperazine rings is 1. The highest BCUT2D eigenvalue weighted by atomic mass is 35.5. The van der Waals surface area contributed by atoms with Crippen molar-refractivity contribution < 1.29 is 26.4 Å². The maximum absolute atomic E-state index is 13.1. The number of amides is 1. The predicted octanol–water partition coefficient (Wildman–Crippen LogP) is 2.92. The van der Waals surface area contributed by atoms with Crippen LogP contribution in [0.4, 0.5) is 13.2 Å². The standard InChI is InChI=1S/C19H25ClF3N3O3S/c1-14-3-2-6-25(12-14)18(27)13-24-7-9-26(10-8-24)30(28,29)15-4-5-17(20)16(11-15)19(21,22)23/h4-5,11,14H,2-3,6-10,12-13H2,1H3. The zero-order chi connectivity index (χ0) is 22.1. The number of hydrogen-bond acceptors (Lipinski definition) is 4. The molecule has 6 nitrogen and oxygen atoms in total. The van der Waals surface area contributed by atoms with Crippen molar-refractivity contribution in [2.45, 2.75) is 30.8 Å². The maximum Gasteiger partial charge on any atom is 0.417 e. The van der Waals surface area contributed by atoms with E-state index in [1.165, 1.54) is 0 Å². The highest BCUT2D eigenvalue weighted by molar-refractivity contribution is 7.89. The van der Waals surface area contributed by atoms with E-state index in [2.05, 4.69) is 6.92 Å². The smallest absolute Gasteiger partial charge is 0.341 e. The zero-order valence-electron chi connectivity index (χ0n) is 16.7. The number of likely N-dealkylation sites (tertiary alicyclic amines) is 1. The lowest BCUT2D eigenvalue weighted by Crippen LogP contribution is -2.52. The summed E-state index contributed by atoms with van der Waals surface area (Å²) in [5.74, 6) is 0.510. The first-order chi connectivity index (χ1) is 14.0. The SMILES string of the molecule is CC1CCCN(C(=O)CN2CCN(S(=O)(=O)c3ccc(Cl)c(C(F)(F)F)c3)CC2)C1. The van der Waals surface area contributed by atoms with Gasteiger partial charge >= 0.3 is 6.18 Å². The van der Waals surface area contributed by atoms with Crippen molar-refractivity contribution in [1.82, 2.24) is 14.1 Å². The normalized spacial score (nSPS) is 22.3. The van der Waals surface area contributed by atoms with Gasteiger partial charge in [-0.05, 0) is 37.0 Å². The van der Waals surface area contributed by atoms with Gasteiger partial charge in [0.05, 0.1) is 22.0 Å². The van der Waals surface area contributed by atoms with E-state index >= 15 is 0 Å². The van der Waals surface area contributed by atoms with Gasteiger partial charge in [0.25, 0.3) is 0 Å². The summed E-state index contributed by atoms with van der Waals surface area (Å²) < 4.78 is 66.0. The lowest BCUT2D eigenvalue weighted by molar-refractivity contribution is -0.137. The minimum Gasteiger partial charge on any atom is -0.341 e. The molecule has 0 N–H and O–H groups in total. The number of benzene rings is 1. The first-order valence-electron chi connectivity index (χ1n) is 9.85. The van der Waals surface area contributed by atoms with Crippen molar-refractivity contribution in [2.24, 2.45) is 5.92 Å². The number of hydrogen-bond donors (Lipinski definition) is 0. The monoisotopic (exact) mass is 467 g/mol. The van der Waals surface area contributed by atoms with Crippen molar-refractivity contribution in [3.05, 3.63) is 28.8 Å². The third kappa shape index (κ3) is 5.27. The molecular weight excluding hydrogens is 443 g/mol. The molecule has 3 rings (SSSR count). The van der Waals surface area contributed by atoms with E-state index in [1.807, 2.05) is 9.80 Å². The molecule has 1 unspecified atom stereocenters. The molecule has 1 amide bonds. The second-order valence-electron chi connectivity index (χ2n) is 7.91. The van der Waals surface area contributed by atoms with Gasteiger partial charge in [-0.1, -0.05) is 18.5 Å². The van der Waals surface area contributed by atoms with E-state index in [9.17, 15) is 26.4 Å². The number of piperidine rings is 1. The fourth-order valence-electron chi connectivity index (χ4n) is 3.87. The van der Waals surface area contributed by atoms with E-state index in [4.69, 9.17) is 11.6 Å². The predicted molar refractivity (Wildman–Crippen MR) is 107 cm³/mol. The summed E-state index contributed by atoms with van der Waals surface area (Å²) in [5.41, 5.74) is -1.18. The Morgan fingerprint density at radius 2 is 1.83 bits per heavy atom. The first kappa shape index (κ1) is 23.3. The zero-order valence-corrected chi connectivity index (χ0v) is 18.2. The molecule has 2 heterocycles. The molecule has 11 heteroatoms. The Kier molecular flexibility index (Phi) is 7.01. The molecule has 168 valence electrons. The van der Waals surface area contributed by atoms with Crippen LogP contribution in [0.25, 0.3) is 0 Å². The van der Waals surface area contributed by atoms with Crippen molar-refractivity contribution in [3.63, 3.8) is 0 Å². The number of nitrogens with zero attached hydrogens (tertiary/aromatic N) is 3. The molecule has 1 atom stereocenters. The van der Waals surface area contributed by atoms with Crippen LogP contribution in [0.2, 0.25) is 5.02 Å². The Balaban J connectivity index is 1.62. The minimum absolute atomic E-state index is 0.0328. The number of carbonyl (C=O) groups excluding carboxylic acids is 1. The molecule has 2 aliphatic rings. The van der Waals surface area contributed by atoms with Gasteiger partial charge in [0.2, 0.25) is 15.9 Å². The molecule has 2 fully saturated rings. The second-order valence-corrected chi connectivity index (χ2v) is 10.3. The molecule has 2 aliphatic heterocycles. The molecule has 1 aromatic rings. The second kappa shape index (κ2) is 9.02. The van der Waals surface area contributed by atoms with Crippen molar-refractivity contribution >= 4 is 27.5 Å². The van der Waals surface area contributed by atoms with Crippen LogP contribution < -0.4 is 0 Å². The Morgan fingerprint density at radius 1 is 1.17 bits per heavy atom. The third-order valence-corrected chi connectivity index (χ3v) is 7.81. The highest BCUT2D eigenvalue weighted by Crippen LogP contribution is 2.36. The van der Waals surface area contributed by atoms with Gasteiger partial charge in [-0.3, -0.25) is 9.69 Å². The van der Waals surface area contributed by atoms with E-state index < -0.39 is 31.7 Å². The average Bonchev–Trinajstić information content (AvgIpc) is 2.67. The van der Waals surface area contributed by atoms with Crippen LogP contribution in [0.5, 0.6) is 0 Å². The van der Waals surface area contributed by atoms with Gasteiger partial charge in [-0.25, -0.2) is 8.42 Å². The summed E-state index contributed by atoms with van der Waals surface area (Å²) in [7, 11) is -4.09. The van der Waals surface area contributed by atoms with Gasteiger partial charge < -0.3 is 4.90 Å². The third-order valence-electron chi connectivity index (χ3n) is 5.58. The molecular formula is C19H25ClF3N3O3S. The van der Waals surface area contributed by atoms with Crippen LogP contribution in [-0.4, -0.2) is 74.2 Å². The molecule has 1 aromatic carbocycles. The molecule has 0 radical (unpaired) electrons. The molecule has 30 heavy (non-hydrogen) atoms. The van der Waals surface area contributed by atoms with Crippen LogP contribution in [0, 0.1) is 5.92 Å². The summed E-state index contributed by atoms with van der Waals surface area (Å²) in [5, 5.41) is -0.545. The van der Waals surface area contributed by atoms with Gasteiger partial charge in [-0.15, -0.1) is 0 Å². The van der Waals surface area contributed by atoms with E-state index in [0.29, 0.717) is 25.1 Å². The lowest BCUT2D eigenvalue weighted by Gasteiger charge is -2.36. The first-order valence-corrected chi connectivity index (χ1v) is 11.7. The number of alkyl halides is 3. The fourth-order valence-corrected chi connectivity index (χ4v) is 5.54. The van der Waals surface area contributed by atoms with Gasteiger partial charge in [0, 0.05) is 39.3 Å². The minimum atomic E-state index is -4.74. The molecule has 0 bridgehead atoms. The molecule has 2 saturated heterocycles. The highest BCUT2D eigenvalue weighted by Gasteiger charge is 2.36. The molecule has 0 aliphatic carbocycles. The Morgan fingerprint density at radius 3 is 2.43 bits per heavy atom. The van der Waals surface area contributed by atoms with Crippen LogP contribution >= 0.6 is 11.6 Å². The summed E-state index contributed by atoms with van der Waals surface area (Å²) in [6.07, 6.45) is -2.64. The summed E-state index contributed by atoms with van der Waals surface area (Å²) in [4.78, 5) is 15.8. The Labute approximate surface area is 179 Å². The summed E-state index contributed by atoms with van der Waals surface area (Å²) >= 11 is 5.59. The van der Waals surface area contributed by atoms with Crippen molar-refractivity contribution in [1.29, 1.82) is 0 Å². The Bertz CT molecular complexity index is 887. The Hall–Kier alpha value is -1.36. The van der Waals surface area contributed by atoms with Crippen LogP contribution in [0.3, 0.4) is 0 Å². The van der Waals surface area contributed by atoms with E-state index in [1.54, 1.807) is 0 Å². The number of rotatable bonds is 4. The summed E-state index contributed by atoms with van der Waals surface area (Å²) in [6, 6.07) is 2.61. The van der Waals surface area contributed by atoms with Crippen LogP contribution in [-0.2, 0) is 21.0 Å². The topological polar surface area (TPSA) is 60.9 Å². The van der Waals surface area contributed by atoms with Gasteiger partial charge in [0.1, 0.15) is 0 Å². The quantitative estimate of drug-likeness (QED) is 0.683. The summed E-state index contributed by atoms with van der Waals surface area (Å²) in [6.45, 7) is 4.72. The fraction of sp³-hybridized carbons (Fsp3) is 0.632. The number of carbonyl (C=O) groups is 1. The van der Waals surface area contributed by atoms with E-state index in [0.717, 1.165) is 42.4 Å². The van der Waals surface area contributed by atoms with Crippen LogP contribution in [0.15, 0.2) is 23.1 Å².